The summed E-state index contributed by atoms with van der Waals surface area (Å²) in [5.74, 6) is -0.895. The fourth-order valence-corrected chi connectivity index (χ4v) is 2.32. The lowest BCUT2D eigenvalue weighted by atomic mass is 10.0. The Balaban J connectivity index is 2.52. The van der Waals surface area contributed by atoms with Gasteiger partial charge in [0.1, 0.15) is 0 Å². The van der Waals surface area contributed by atoms with Crippen LogP contribution in [0.25, 0.3) is 11.1 Å². The SMILES string of the molecule is CSc1ccccc1-c1cccc(C(=O)O)c1. The molecule has 0 aliphatic carbocycles. The summed E-state index contributed by atoms with van der Waals surface area (Å²) in [4.78, 5) is 12.1. The summed E-state index contributed by atoms with van der Waals surface area (Å²) in [5.41, 5.74) is 2.33. The molecule has 0 fully saturated rings. The standard InChI is InChI=1S/C14H12O2S/c1-17-13-8-3-2-7-12(13)10-5-4-6-11(9-10)14(15)16/h2-9H,1H3,(H,15,16). The first-order valence-corrected chi connectivity index (χ1v) is 6.41. The number of benzene rings is 2. The van der Waals surface area contributed by atoms with Crippen LogP contribution in [0.1, 0.15) is 10.4 Å². The van der Waals surface area contributed by atoms with Gasteiger partial charge in [0.15, 0.2) is 0 Å². The van der Waals surface area contributed by atoms with Crippen LogP contribution in [0.3, 0.4) is 0 Å². The van der Waals surface area contributed by atoms with Crippen LogP contribution in [-0.2, 0) is 0 Å². The first kappa shape index (κ1) is 11.7. The molecule has 0 aromatic heterocycles. The topological polar surface area (TPSA) is 37.3 Å². The summed E-state index contributed by atoms with van der Waals surface area (Å²) < 4.78 is 0. The number of rotatable bonds is 3. The highest BCUT2D eigenvalue weighted by Crippen LogP contribution is 2.30. The smallest absolute Gasteiger partial charge is 0.335 e. The summed E-state index contributed by atoms with van der Waals surface area (Å²) in [5, 5.41) is 8.98. The van der Waals surface area contributed by atoms with Gasteiger partial charge in [-0.3, -0.25) is 0 Å². The maximum absolute atomic E-state index is 10.9. The van der Waals surface area contributed by atoms with Crippen molar-refractivity contribution in [1.29, 1.82) is 0 Å². The lowest BCUT2D eigenvalue weighted by Gasteiger charge is -2.07. The highest BCUT2D eigenvalue weighted by molar-refractivity contribution is 7.98. The van der Waals surface area contributed by atoms with Crippen molar-refractivity contribution < 1.29 is 9.90 Å². The van der Waals surface area contributed by atoms with E-state index >= 15 is 0 Å². The fraction of sp³-hybridized carbons (Fsp3) is 0.0714. The van der Waals surface area contributed by atoms with E-state index in [0.29, 0.717) is 5.56 Å². The molecule has 17 heavy (non-hydrogen) atoms. The Hall–Kier alpha value is -1.74. The molecule has 0 bridgehead atoms. The van der Waals surface area contributed by atoms with Crippen LogP contribution in [0.2, 0.25) is 0 Å². The molecule has 2 rings (SSSR count). The molecule has 2 aromatic carbocycles. The molecule has 0 unspecified atom stereocenters. The minimum atomic E-state index is -0.895. The summed E-state index contributed by atoms with van der Waals surface area (Å²) in [6.07, 6.45) is 2.01. The zero-order valence-corrected chi connectivity index (χ0v) is 10.2. The van der Waals surface area contributed by atoms with Crippen molar-refractivity contribution in [3.05, 3.63) is 54.1 Å². The molecule has 2 aromatic rings. The van der Waals surface area contributed by atoms with Crippen molar-refractivity contribution >= 4 is 17.7 Å². The van der Waals surface area contributed by atoms with Crippen LogP contribution < -0.4 is 0 Å². The van der Waals surface area contributed by atoms with Crippen molar-refractivity contribution in [2.45, 2.75) is 4.90 Å². The molecular weight excluding hydrogens is 232 g/mol. The van der Waals surface area contributed by atoms with E-state index in [1.54, 1.807) is 30.0 Å². The average Bonchev–Trinajstić information content (AvgIpc) is 2.39. The van der Waals surface area contributed by atoms with E-state index in [0.717, 1.165) is 16.0 Å². The third-order valence-electron chi connectivity index (χ3n) is 2.53. The van der Waals surface area contributed by atoms with E-state index in [4.69, 9.17) is 5.11 Å². The van der Waals surface area contributed by atoms with Crippen LogP contribution in [0.4, 0.5) is 0 Å². The monoisotopic (exact) mass is 244 g/mol. The summed E-state index contributed by atoms with van der Waals surface area (Å²) >= 11 is 1.66. The Morgan fingerprint density at radius 3 is 2.59 bits per heavy atom. The van der Waals surface area contributed by atoms with Crippen LogP contribution in [0.15, 0.2) is 53.4 Å². The van der Waals surface area contributed by atoms with Crippen molar-refractivity contribution in [3.8, 4) is 11.1 Å². The van der Waals surface area contributed by atoms with Crippen molar-refractivity contribution in [3.63, 3.8) is 0 Å². The van der Waals surface area contributed by atoms with Crippen LogP contribution in [-0.4, -0.2) is 17.3 Å². The molecule has 1 N–H and O–H groups in total. The molecule has 0 amide bonds. The largest absolute Gasteiger partial charge is 0.478 e. The zero-order valence-electron chi connectivity index (χ0n) is 9.38. The van der Waals surface area contributed by atoms with Gasteiger partial charge in [-0.05, 0) is 35.6 Å². The highest BCUT2D eigenvalue weighted by Gasteiger charge is 2.07. The normalized spacial score (nSPS) is 10.2. The Labute approximate surface area is 104 Å². The Morgan fingerprint density at radius 2 is 1.88 bits per heavy atom. The number of carbonyl (C=O) groups is 1. The molecule has 86 valence electrons. The van der Waals surface area contributed by atoms with Gasteiger partial charge in [-0.1, -0.05) is 30.3 Å². The summed E-state index contributed by atoms with van der Waals surface area (Å²) in [7, 11) is 0. The number of hydrogen-bond acceptors (Lipinski definition) is 2. The van der Waals surface area contributed by atoms with Gasteiger partial charge >= 0.3 is 5.97 Å². The van der Waals surface area contributed by atoms with Crippen molar-refractivity contribution in [1.82, 2.24) is 0 Å². The molecule has 0 radical (unpaired) electrons. The fourth-order valence-electron chi connectivity index (χ4n) is 1.70. The van der Waals surface area contributed by atoms with Crippen LogP contribution >= 0.6 is 11.8 Å². The predicted molar refractivity (Wildman–Crippen MR) is 70.6 cm³/mol. The zero-order chi connectivity index (χ0) is 12.3. The maximum atomic E-state index is 10.9. The van der Waals surface area contributed by atoms with Gasteiger partial charge in [0.25, 0.3) is 0 Å². The molecule has 2 nitrogen and oxygen atoms in total. The number of thioether (sulfide) groups is 1. The molecule has 0 atom stereocenters. The van der Waals surface area contributed by atoms with Gasteiger partial charge in [0.05, 0.1) is 5.56 Å². The lowest BCUT2D eigenvalue weighted by Crippen LogP contribution is -1.95. The molecule has 0 spiro atoms. The summed E-state index contributed by atoms with van der Waals surface area (Å²) in [6, 6.07) is 15.0. The minimum absolute atomic E-state index is 0.318. The Kier molecular flexibility index (Phi) is 3.49. The second-order valence-corrected chi connectivity index (χ2v) is 4.43. The summed E-state index contributed by atoms with van der Waals surface area (Å²) in [6.45, 7) is 0. The first-order valence-electron chi connectivity index (χ1n) is 5.19. The quantitative estimate of drug-likeness (QED) is 0.835. The van der Waals surface area contributed by atoms with Crippen LogP contribution in [0.5, 0.6) is 0 Å². The van der Waals surface area contributed by atoms with E-state index in [1.165, 1.54) is 0 Å². The number of aromatic carboxylic acids is 1. The Bertz CT molecular complexity index is 549. The third-order valence-corrected chi connectivity index (χ3v) is 3.32. The molecule has 0 aliphatic rings. The predicted octanol–water partition coefficient (Wildman–Crippen LogP) is 3.77. The van der Waals surface area contributed by atoms with E-state index < -0.39 is 5.97 Å². The van der Waals surface area contributed by atoms with Gasteiger partial charge in [0.2, 0.25) is 0 Å². The van der Waals surface area contributed by atoms with Crippen LogP contribution in [0, 0.1) is 0 Å². The average molecular weight is 244 g/mol. The van der Waals surface area contributed by atoms with Gasteiger partial charge in [-0.25, -0.2) is 4.79 Å². The van der Waals surface area contributed by atoms with Gasteiger partial charge in [-0.2, -0.15) is 0 Å². The van der Waals surface area contributed by atoms with E-state index in [9.17, 15) is 4.79 Å². The second-order valence-electron chi connectivity index (χ2n) is 3.59. The molecule has 3 heteroatoms. The molecule has 0 saturated heterocycles. The van der Waals surface area contributed by atoms with Crippen molar-refractivity contribution in [2.75, 3.05) is 6.26 Å². The van der Waals surface area contributed by atoms with Crippen molar-refractivity contribution in [2.24, 2.45) is 0 Å². The van der Waals surface area contributed by atoms with E-state index in [1.807, 2.05) is 36.6 Å². The molecular formula is C14H12O2S. The highest BCUT2D eigenvalue weighted by atomic mass is 32.2. The van der Waals surface area contributed by atoms with Gasteiger partial charge < -0.3 is 5.11 Å². The minimum Gasteiger partial charge on any atom is -0.478 e. The first-order chi connectivity index (χ1) is 8.22. The van der Waals surface area contributed by atoms with Gasteiger partial charge in [0, 0.05) is 4.90 Å². The number of carboxylic acids is 1. The van der Waals surface area contributed by atoms with E-state index in [2.05, 4.69) is 0 Å². The molecule has 0 aliphatic heterocycles. The van der Waals surface area contributed by atoms with E-state index in [-0.39, 0.29) is 0 Å². The third kappa shape index (κ3) is 2.50. The molecule has 0 heterocycles. The number of hydrogen-bond donors (Lipinski definition) is 1. The Morgan fingerprint density at radius 1 is 1.12 bits per heavy atom. The second kappa shape index (κ2) is 5.06. The lowest BCUT2D eigenvalue weighted by molar-refractivity contribution is 0.0697. The maximum Gasteiger partial charge on any atom is 0.335 e. The molecule has 0 saturated carbocycles. The van der Waals surface area contributed by atoms with Gasteiger partial charge in [-0.15, -0.1) is 11.8 Å². The number of carboxylic acid groups (broad SMARTS) is 1.